The number of rotatable bonds is 4. The molecule has 6 rings (SSSR count). The van der Waals surface area contributed by atoms with Gasteiger partial charge in [0, 0.05) is 40.8 Å². The molecule has 3 aromatic carbocycles. The number of anilines is 2. The lowest BCUT2D eigenvalue weighted by Gasteiger charge is -2.10. The molecule has 2 aromatic heterocycles. The number of hydrogen-bond donors (Lipinski definition) is 1. The minimum atomic E-state index is 0.235. The topological polar surface area (TPSA) is 61.2 Å². The molecule has 0 spiro atoms. The predicted molar refractivity (Wildman–Crippen MR) is 116 cm³/mol. The van der Waals surface area contributed by atoms with Gasteiger partial charge in [0.15, 0.2) is 11.5 Å². The Labute approximate surface area is 172 Å². The van der Waals surface area contributed by atoms with E-state index in [-0.39, 0.29) is 6.79 Å². The molecule has 3 heterocycles. The Morgan fingerprint density at radius 2 is 1.77 bits per heavy atom. The fourth-order valence-electron chi connectivity index (χ4n) is 3.88. The summed E-state index contributed by atoms with van der Waals surface area (Å²) >= 11 is 0. The Morgan fingerprint density at radius 1 is 0.900 bits per heavy atom. The Bertz CT molecular complexity index is 1380. The van der Waals surface area contributed by atoms with Gasteiger partial charge in [-0.1, -0.05) is 30.3 Å². The largest absolute Gasteiger partial charge is 0.454 e. The van der Waals surface area contributed by atoms with Gasteiger partial charge in [-0.05, 0) is 35.9 Å². The van der Waals surface area contributed by atoms with Crippen molar-refractivity contribution in [3.63, 3.8) is 0 Å². The van der Waals surface area contributed by atoms with Gasteiger partial charge < -0.3 is 19.4 Å². The third-order valence-corrected chi connectivity index (χ3v) is 5.36. The highest BCUT2D eigenvalue weighted by atomic mass is 16.7. The van der Waals surface area contributed by atoms with Gasteiger partial charge in [0.25, 0.3) is 0 Å². The fraction of sp³-hybridized carbons (Fsp3) is 0.0833. The van der Waals surface area contributed by atoms with Crippen LogP contribution < -0.4 is 14.8 Å². The van der Waals surface area contributed by atoms with Crippen LogP contribution in [0, 0.1) is 0 Å². The van der Waals surface area contributed by atoms with Crippen molar-refractivity contribution in [3.8, 4) is 11.5 Å². The van der Waals surface area contributed by atoms with Gasteiger partial charge in [0.1, 0.15) is 12.1 Å². The number of fused-ring (bicyclic) bond motifs is 3. The first-order valence-corrected chi connectivity index (χ1v) is 9.78. The monoisotopic (exact) mass is 394 g/mol. The first-order valence-electron chi connectivity index (χ1n) is 9.78. The van der Waals surface area contributed by atoms with E-state index in [0.29, 0.717) is 11.5 Å². The normalized spacial score (nSPS) is 12.5. The van der Waals surface area contributed by atoms with Gasteiger partial charge >= 0.3 is 0 Å². The maximum Gasteiger partial charge on any atom is 0.231 e. The quantitative estimate of drug-likeness (QED) is 0.459. The van der Waals surface area contributed by atoms with Crippen molar-refractivity contribution in [1.82, 2.24) is 14.5 Å². The number of benzene rings is 3. The molecular formula is C24H18N4O2. The van der Waals surface area contributed by atoms with Crippen LogP contribution in [0.3, 0.4) is 0 Å². The summed E-state index contributed by atoms with van der Waals surface area (Å²) in [5.74, 6) is 2.17. The Hall–Kier alpha value is -4.06. The third kappa shape index (κ3) is 2.90. The zero-order valence-corrected chi connectivity index (χ0v) is 16.1. The SMILES string of the molecule is c1ccc(Cn2ccc3cc(Nc4ncnc5cc6c(cc45)OCO6)ccc32)cc1. The smallest absolute Gasteiger partial charge is 0.231 e. The molecule has 6 heteroatoms. The van der Waals surface area contributed by atoms with Gasteiger partial charge in [-0.15, -0.1) is 0 Å². The summed E-state index contributed by atoms with van der Waals surface area (Å²) in [6.45, 7) is 1.08. The van der Waals surface area contributed by atoms with E-state index in [0.717, 1.165) is 29.0 Å². The van der Waals surface area contributed by atoms with Gasteiger partial charge in [-0.2, -0.15) is 0 Å². The number of ether oxygens (including phenoxy) is 2. The lowest BCUT2D eigenvalue weighted by Crippen LogP contribution is -1.98. The van der Waals surface area contributed by atoms with Crippen LogP contribution in [0.1, 0.15) is 5.56 Å². The van der Waals surface area contributed by atoms with Crippen molar-refractivity contribution in [3.05, 3.63) is 84.8 Å². The van der Waals surface area contributed by atoms with E-state index in [4.69, 9.17) is 9.47 Å². The Balaban J connectivity index is 1.33. The summed E-state index contributed by atoms with van der Waals surface area (Å²) < 4.78 is 13.2. The van der Waals surface area contributed by atoms with Gasteiger partial charge in [0.2, 0.25) is 6.79 Å². The molecule has 0 saturated carbocycles. The second-order valence-electron chi connectivity index (χ2n) is 7.27. The molecule has 0 amide bonds. The number of hydrogen-bond acceptors (Lipinski definition) is 5. The van der Waals surface area contributed by atoms with E-state index in [1.807, 2.05) is 18.2 Å². The minimum absolute atomic E-state index is 0.235. The first kappa shape index (κ1) is 16.9. The van der Waals surface area contributed by atoms with Crippen LogP contribution in [0.25, 0.3) is 21.8 Å². The summed E-state index contributed by atoms with van der Waals surface area (Å²) in [6, 6.07) is 22.8. The molecule has 0 aliphatic carbocycles. The van der Waals surface area contributed by atoms with Crippen molar-refractivity contribution >= 4 is 33.3 Å². The summed E-state index contributed by atoms with van der Waals surface area (Å²) in [4.78, 5) is 8.81. The number of nitrogens with zero attached hydrogens (tertiary/aromatic N) is 3. The number of nitrogens with one attached hydrogen (secondary N) is 1. The third-order valence-electron chi connectivity index (χ3n) is 5.36. The molecule has 0 fully saturated rings. The minimum Gasteiger partial charge on any atom is -0.454 e. The maximum absolute atomic E-state index is 5.51. The highest BCUT2D eigenvalue weighted by Crippen LogP contribution is 2.37. The van der Waals surface area contributed by atoms with Gasteiger partial charge in [-0.25, -0.2) is 9.97 Å². The van der Waals surface area contributed by atoms with Crippen molar-refractivity contribution in [2.45, 2.75) is 6.54 Å². The summed E-state index contributed by atoms with van der Waals surface area (Å²) in [5.41, 5.74) is 4.26. The predicted octanol–water partition coefficient (Wildman–Crippen LogP) is 5.11. The lowest BCUT2D eigenvalue weighted by atomic mass is 10.2. The van der Waals surface area contributed by atoms with Crippen LogP contribution in [0.2, 0.25) is 0 Å². The molecule has 0 saturated heterocycles. The highest BCUT2D eigenvalue weighted by Gasteiger charge is 2.17. The molecule has 1 aliphatic heterocycles. The molecule has 0 unspecified atom stereocenters. The second-order valence-corrected chi connectivity index (χ2v) is 7.27. The van der Waals surface area contributed by atoms with E-state index in [1.54, 1.807) is 6.33 Å². The van der Waals surface area contributed by atoms with E-state index < -0.39 is 0 Å². The standard InChI is InChI=1S/C24H18N4O2/c1-2-4-16(5-3-1)13-28-9-8-17-10-18(6-7-21(17)28)27-24-19-11-22-23(30-15-29-22)12-20(19)25-14-26-24/h1-12,14H,13,15H2,(H,25,26,27). The Morgan fingerprint density at radius 3 is 2.67 bits per heavy atom. The Kier molecular flexibility index (Phi) is 3.81. The zero-order valence-electron chi connectivity index (χ0n) is 16.1. The average Bonchev–Trinajstić information content (AvgIpc) is 3.40. The van der Waals surface area contributed by atoms with E-state index in [1.165, 1.54) is 16.5 Å². The highest BCUT2D eigenvalue weighted by molar-refractivity contribution is 5.94. The lowest BCUT2D eigenvalue weighted by molar-refractivity contribution is 0.174. The molecule has 30 heavy (non-hydrogen) atoms. The zero-order chi connectivity index (χ0) is 19.9. The summed E-state index contributed by atoms with van der Waals surface area (Å²) in [6.07, 6.45) is 3.68. The summed E-state index contributed by atoms with van der Waals surface area (Å²) in [5, 5.41) is 5.50. The van der Waals surface area contributed by atoms with E-state index in [9.17, 15) is 0 Å². The van der Waals surface area contributed by atoms with Crippen LogP contribution >= 0.6 is 0 Å². The molecule has 6 nitrogen and oxygen atoms in total. The fourth-order valence-corrected chi connectivity index (χ4v) is 3.88. The molecular weight excluding hydrogens is 376 g/mol. The molecule has 0 bridgehead atoms. The molecule has 0 atom stereocenters. The van der Waals surface area contributed by atoms with Crippen molar-refractivity contribution in [2.75, 3.05) is 12.1 Å². The van der Waals surface area contributed by atoms with E-state index in [2.05, 4.69) is 74.6 Å². The van der Waals surface area contributed by atoms with Crippen LogP contribution in [0.5, 0.6) is 11.5 Å². The van der Waals surface area contributed by atoms with Crippen LogP contribution in [-0.2, 0) is 6.54 Å². The molecule has 0 radical (unpaired) electrons. The molecule has 146 valence electrons. The molecule has 1 N–H and O–H groups in total. The number of aromatic nitrogens is 3. The van der Waals surface area contributed by atoms with Crippen molar-refractivity contribution in [1.29, 1.82) is 0 Å². The van der Waals surface area contributed by atoms with E-state index >= 15 is 0 Å². The van der Waals surface area contributed by atoms with Crippen LogP contribution in [-0.4, -0.2) is 21.3 Å². The van der Waals surface area contributed by atoms with Crippen LogP contribution in [0.15, 0.2) is 79.3 Å². The van der Waals surface area contributed by atoms with Crippen molar-refractivity contribution in [2.24, 2.45) is 0 Å². The van der Waals surface area contributed by atoms with Gasteiger partial charge in [0.05, 0.1) is 5.52 Å². The van der Waals surface area contributed by atoms with Crippen molar-refractivity contribution < 1.29 is 9.47 Å². The maximum atomic E-state index is 5.51. The molecule has 1 aliphatic rings. The van der Waals surface area contributed by atoms with Crippen LogP contribution in [0.4, 0.5) is 11.5 Å². The van der Waals surface area contributed by atoms with Gasteiger partial charge in [-0.3, -0.25) is 0 Å². The second kappa shape index (κ2) is 6.77. The summed E-state index contributed by atoms with van der Waals surface area (Å²) in [7, 11) is 0. The molecule has 5 aromatic rings. The first-order chi connectivity index (χ1) is 14.8. The average molecular weight is 394 g/mol.